The topological polar surface area (TPSA) is 62.3 Å². The third-order valence-corrected chi connectivity index (χ3v) is 5.31. The maximum atomic E-state index is 13.4. The van der Waals surface area contributed by atoms with Gasteiger partial charge in [-0.1, -0.05) is 23.8 Å². The van der Waals surface area contributed by atoms with Crippen LogP contribution >= 0.6 is 0 Å². The van der Waals surface area contributed by atoms with Crippen molar-refractivity contribution < 1.29 is 35.9 Å². The molecule has 1 N–H and O–H groups in total. The number of nitrogens with one attached hydrogen (secondary N) is 1. The van der Waals surface area contributed by atoms with E-state index >= 15 is 0 Å². The third kappa shape index (κ3) is 6.02. The Hall–Kier alpha value is -3.89. The van der Waals surface area contributed by atoms with Crippen LogP contribution < -0.4 is 5.32 Å². The maximum Gasteiger partial charge on any atom is 0.416 e. The van der Waals surface area contributed by atoms with Crippen LogP contribution in [0.2, 0.25) is 0 Å². The van der Waals surface area contributed by atoms with Crippen LogP contribution in [0.15, 0.2) is 60.9 Å². The molecule has 0 saturated heterocycles. The average Bonchev–Trinajstić information content (AvgIpc) is 2.80. The van der Waals surface area contributed by atoms with Gasteiger partial charge in [-0.2, -0.15) is 26.3 Å². The fourth-order valence-corrected chi connectivity index (χ4v) is 3.56. The number of nitrogens with zero attached hydrogens (tertiary/aromatic N) is 2. The van der Waals surface area contributed by atoms with Crippen LogP contribution in [0.5, 0.6) is 0 Å². The molecule has 0 radical (unpaired) electrons. The van der Waals surface area contributed by atoms with Crippen LogP contribution in [0.25, 0.3) is 11.1 Å². The number of halogens is 6. The van der Waals surface area contributed by atoms with Crippen LogP contribution in [0.1, 0.15) is 38.7 Å². The minimum Gasteiger partial charge on any atom is -0.347 e. The fourth-order valence-electron chi connectivity index (χ4n) is 3.56. The smallest absolute Gasteiger partial charge is 0.347 e. The van der Waals surface area contributed by atoms with E-state index in [-0.39, 0.29) is 27.8 Å². The van der Waals surface area contributed by atoms with Gasteiger partial charge in [0.1, 0.15) is 6.04 Å². The molecule has 0 spiro atoms. The normalized spacial score (nSPS) is 12.7. The lowest BCUT2D eigenvalue weighted by atomic mass is 9.97. The number of hydrogen-bond donors (Lipinski definition) is 1. The number of aryl methyl sites for hydroxylation is 1. The molecule has 0 aliphatic rings. The number of benzene rings is 2. The molecule has 2 amide bonds. The Morgan fingerprint density at radius 2 is 1.50 bits per heavy atom. The highest BCUT2D eigenvalue weighted by molar-refractivity contribution is 6.02. The number of carbonyl (C=O) groups is 2. The summed E-state index contributed by atoms with van der Waals surface area (Å²) in [5.41, 5.74) is -1.25. The molecule has 0 aliphatic carbocycles. The number of likely N-dealkylation sites (N-methyl/N-ethyl adjacent to an activating group) is 1. The number of amides is 2. The molecular weight excluding hydrogens is 488 g/mol. The van der Waals surface area contributed by atoms with Gasteiger partial charge >= 0.3 is 12.4 Å². The zero-order valence-corrected chi connectivity index (χ0v) is 19.3. The molecule has 2 aromatic carbocycles. The molecule has 0 aliphatic heterocycles. The first kappa shape index (κ1) is 26.7. The van der Waals surface area contributed by atoms with Gasteiger partial charge in [-0.25, -0.2) is 0 Å². The van der Waals surface area contributed by atoms with Crippen LogP contribution in [-0.2, 0) is 17.1 Å². The lowest BCUT2D eigenvalue weighted by Crippen LogP contribution is -2.40. The van der Waals surface area contributed by atoms with Crippen LogP contribution in [0, 0.1) is 6.92 Å². The van der Waals surface area contributed by atoms with Crippen molar-refractivity contribution in [2.75, 3.05) is 14.1 Å². The van der Waals surface area contributed by atoms with E-state index < -0.39 is 41.3 Å². The maximum absolute atomic E-state index is 13.4. The van der Waals surface area contributed by atoms with Crippen molar-refractivity contribution in [2.45, 2.75) is 25.3 Å². The number of alkyl halides is 6. The van der Waals surface area contributed by atoms with E-state index in [1.54, 1.807) is 0 Å². The van der Waals surface area contributed by atoms with Gasteiger partial charge in [0, 0.05) is 26.5 Å². The van der Waals surface area contributed by atoms with Gasteiger partial charge in [-0.3, -0.25) is 14.6 Å². The summed E-state index contributed by atoms with van der Waals surface area (Å²) in [6.45, 7) is 1.43. The summed E-state index contributed by atoms with van der Waals surface area (Å²) in [5.74, 6) is -1.52. The molecule has 0 saturated carbocycles. The Bertz CT molecular complexity index is 1270. The van der Waals surface area contributed by atoms with Crippen LogP contribution in [0.3, 0.4) is 0 Å². The standard InChI is InChI=1S/C25H21F6N3O2/c1-14-10-16(12-18(11-14)25(29,30)31)21(23(36)34(2)3)33-22(35)20-13-32-9-8-19(20)15-4-6-17(7-5-15)24(26,27)28/h4-13,21H,1-3H3,(H,33,35)/t21-/m0/s1. The highest BCUT2D eigenvalue weighted by atomic mass is 19.4. The molecule has 190 valence electrons. The lowest BCUT2D eigenvalue weighted by molar-refractivity contribution is -0.138. The molecule has 3 aromatic rings. The molecule has 1 atom stereocenters. The van der Waals surface area contributed by atoms with Gasteiger partial charge in [-0.15, -0.1) is 0 Å². The molecule has 36 heavy (non-hydrogen) atoms. The zero-order chi connectivity index (χ0) is 26.8. The first-order chi connectivity index (χ1) is 16.7. The van der Waals surface area contributed by atoms with Gasteiger partial charge in [0.15, 0.2) is 0 Å². The van der Waals surface area contributed by atoms with E-state index in [1.165, 1.54) is 51.5 Å². The Labute approximate surface area is 202 Å². The first-order valence-corrected chi connectivity index (χ1v) is 10.5. The molecule has 1 heterocycles. The zero-order valence-electron chi connectivity index (χ0n) is 19.3. The monoisotopic (exact) mass is 509 g/mol. The second-order valence-electron chi connectivity index (χ2n) is 8.27. The van der Waals surface area contributed by atoms with E-state index in [2.05, 4.69) is 10.3 Å². The van der Waals surface area contributed by atoms with E-state index in [4.69, 9.17) is 0 Å². The molecule has 0 bridgehead atoms. The van der Waals surface area contributed by atoms with Gasteiger partial charge in [0.2, 0.25) is 5.91 Å². The van der Waals surface area contributed by atoms with Gasteiger partial charge < -0.3 is 10.2 Å². The number of carbonyl (C=O) groups excluding carboxylic acids is 2. The van der Waals surface area contributed by atoms with E-state index in [0.29, 0.717) is 0 Å². The molecular formula is C25H21F6N3O2. The Kier molecular flexibility index (Phi) is 7.42. The van der Waals surface area contributed by atoms with E-state index in [9.17, 15) is 35.9 Å². The Balaban J connectivity index is 2.02. The largest absolute Gasteiger partial charge is 0.416 e. The second-order valence-corrected chi connectivity index (χ2v) is 8.27. The summed E-state index contributed by atoms with van der Waals surface area (Å²) in [6.07, 6.45) is -6.71. The third-order valence-electron chi connectivity index (χ3n) is 5.31. The molecule has 0 unspecified atom stereocenters. The van der Waals surface area contributed by atoms with E-state index in [1.807, 2.05) is 0 Å². The van der Waals surface area contributed by atoms with Crippen molar-refractivity contribution in [3.05, 3.63) is 88.7 Å². The predicted octanol–water partition coefficient (Wildman–Crippen LogP) is 5.65. The molecule has 11 heteroatoms. The summed E-state index contributed by atoms with van der Waals surface area (Å²) in [7, 11) is 2.78. The van der Waals surface area contributed by atoms with Gasteiger partial charge in [-0.05, 0) is 53.9 Å². The molecule has 5 nitrogen and oxygen atoms in total. The Morgan fingerprint density at radius 1 is 0.889 bits per heavy atom. The van der Waals surface area contributed by atoms with E-state index in [0.717, 1.165) is 35.4 Å². The minimum atomic E-state index is -4.67. The summed E-state index contributed by atoms with van der Waals surface area (Å²) >= 11 is 0. The molecule has 0 fully saturated rings. The van der Waals surface area contributed by atoms with Crippen LogP contribution in [0.4, 0.5) is 26.3 Å². The highest BCUT2D eigenvalue weighted by Gasteiger charge is 2.34. The average molecular weight is 509 g/mol. The van der Waals surface area contributed by atoms with Crippen molar-refractivity contribution in [1.29, 1.82) is 0 Å². The second kappa shape index (κ2) is 10.00. The first-order valence-electron chi connectivity index (χ1n) is 10.5. The molecule has 1 aromatic heterocycles. The SMILES string of the molecule is Cc1cc([C@H](NC(=O)c2cnccc2-c2ccc(C(F)(F)F)cc2)C(=O)N(C)C)cc(C(F)(F)F)c1. The Morgan fingerprint density at radius 3 is 2.06 bits per heavy atom. The van der Waals surface area contributed by atoms with Crippen LogP contribution in [-0.4, -0.2) is 35.8 Å². The summed E-state index contributed by atoms with van der Waals surface area (Å²) < 4.78 is 78.9. The molecule has 3 rings (SSSR count). The van der Waals surface area contributed by atoms with Crippen molar-refractivity contribution in [2.24, 2.45) is 0 Å². The van der Waals surface area contributed by atoms with Crippen molar-refractivity contribution >= 4 is 11.8 Å². The quantitative estimate of drug-likeness (QED) is 0.452. The number of pyridine rings is 1. The number of aromatic nitrogens is 1. The van der Waals surface area contributed by atoms with Crippen molar-refractivity contribution in [1.82, 2.24) is 15.2 Å². The fraction of sp³-hybridized carbons (Fsp3) is 0.240. The highest BCUT2D eigenvalue weighted by Crippen LogP contribution is 2.34. The number of rotatable bonds is 5. The van der Waals surface area contributed by atoms with Crippen molar-refractivity contribution in [3.8, 4) is 11.1 Å². The minimum absolute atomic E-state index is 0.0717. The van der Waals surface area contributed by atoms with Gasteiger partial charge in [0.25, 0.3) is 5.91 Å². The summed E-state index contributed by atoms with van der Waals surface area (Å²) in [4.78, 5) is 31.1. The summed E-state index contributed by atoms with van der Waals surface area (Å²) in [5, 5.41) is 2.46. The predicted molar refractivity (Wildman–Crippen MR) is 120 cm³/mol. The number of hydrogen-bond acceptors (Lipinski definition) is 3. The summed E-state index contributed by atoms with van der Waals surface area (Å²) in [6, 6.07) is 7.13. The lowest BCUT2D eigenvalue weighted by Gasteiger charge is -2.24. The van der Waals surface area contributed by atoms with Gasteiger partial charge in [0.05, 0.1) is 16.7 Å². The van der Waals surface area contributed by atoms with Crippen molar-refractivity contribution in [3.63, 3.8) is 0 Å².